The number of rotatable bonds is 6. The number of nitrogens with two attached hydrogens (primary N) is 1. The van der Waals surface area contributed by atoms with E-state index in [1.165, 1.54) is 31.3 Å². The number of hydrogen-bond acceptors (Lipinski definition) is 4. The Bertz CT molecular complexity index is 666. The number of sulfonamides is 2. The highest BCUT2D eigenvalue weighted by Crippen LogP contribution is 2.22. The maximum absolute atomic E-state index is 12.4. The number of hydrogen-bond donors (Lipinski definition) is 1. The van der Waals surface area contributed by atoms with Gasteiger partial charge in [0.25, 0.3) is 0 Å². The van der Waals surface area contributed by atoms with Gasteiger partial charge in [-0.2, -0.15) is 0 Å². The molecule has 1 aromatic rings. The standard InChI is InChI=1S/C12H20N2O4S2/c1-10(2)8-9-14(3)20(17,18)12-7-5-4-6-11(12)19(13,15)16/h4-7,10H,8-9H2,1-3H3,(H2,13,15,16). The first kappa shape index (κ1) is 17.1. The van der Waals surface area contributed by atoms with Crippen LogP contribution in [0.3, 0.4) is 0 Å². The van der Waals surface area contributed by atoms with E-state index in [0.29, 0.717) is 18.9 Å². The van der Waals surface area contributed by atoms with Gasteiger partial charge in [-0.1, -0.05) is 26.0 Å². The molecule has 114 valence electrons. The quantitative estimate of drug-likeness (QED) is 0.845. The van der Waals surface area contributed by atoms with Crippen LogP contribution in [-0.4, -0.2) is 34.7 Å². The molecule has 0 fully saturated rings. The van der Waals surface area contributed by atoms with Gasteiger partial charge in [-0.15, -0.1) is 0 Å². The van der Waals surface area contributed by atoms with Gasteiger partial charge in [0, 0.05) is 13.6 Å². The van der Waals surface area contributed by atoms with E-state index < -0.39 is 20.0 Å². The first-order valence-electron chi connectivity index (χ1n) is 6.15. The second-order valence-corrected chi connectivity index (χ2v) is 8.54. The van der Waals surface area contributed by atoms with Gasteiger partial charge in [0.1, 0.15) is 9.79 Å². The highest BCUT2D eigenvalue weighted by atomic mass is 32.2. The minimum atomic E-state index is -4.09. The smallest absolute Gasteiger partial charge is 0.225 e. The van der Waals surface area contributed by atoms with E-state index in [1.54, 1.807) is 0 Å². The maximum atomic E-state index is 12.4. The van der Waals surface area contributed by atoms with Gasteiger partial charge in [-0.05, 0) is 24.5 Å². The molecule has 1 rings (SSSR count). The summed E-state index contributed by atoms with van der Waals surface area (Å²) in [4.78, 5) is -0.662. The zero-order chi connectivity index (χ0) is 15.6. The van der Waals surface area contributed by atoms with Gasteiger partial charge in [0.15, 0.2) is 0 Å². The Balaban J connectivity index is 3.23. The molecule has 0 spiro atoms. The molecule has 0 heterocycles. The molecule has 0 amide bonds. The second-order valence-electron chi connectivity index (χ2n) is 5.00. The predicted molar refractivity (Wildman–Crippen MR) is 77.1 cm³/mol. The van der Waals surface area contributed by atoms with Crippen molar-refractivity contribution in [3.63, 3.8) is 0 Å². The van der Waals surface area contributed by atoms with Crippen LogP contribution in [0, 0.1) is 5.92 Å². The van der Waals surface area contributed by atoms with E-state index >= 15 is 0 Å². The van der Waals surface area contributed by atoms with Gasteiger partial charge in [-0.3, -0.25) is 0 Å². The number of benzene rings is 1. The lowest BCUT2D eigenvalue weighted by Crippen LogP contribution is -2.30. The van der Waals surface area contributed by atoms with Crippen molar-refractivity contribution in [3.05, 3.63) is 24.3 Å². The Labute approximate surface area is 120 Å². The molecule has 0 aliphatic rings. The molecule has 2 N–H and O–H groups in total. The van der Waals surface area contributed by atoms with Crippen LogP contribution in [0.4, 0.5) is 0 Å². The third-order valence-corrected chi connectivity index (χ3v) is 5.88. The molecule has 1 aromatic carbocycles. The third-order valence-electron chi connectivity index (χ3n) is 2.87. The average molecular weight is 320 g/mol. The first-order valence-corrected chi connectivity index (χ1v) is 9.13. The largest absolute Gasteiger partial charge is 0.244 e. The maximum Gasteiger partial charge on any atom is 0.244 e. The van der Waals surface area contributed by atoms with Gasteiger partial charge < -0.3 is 0 Å². The van der Waals surface area contributed by atoms with Crippen molar-refractivity contribution in [2.24, 2.45) is 11.1 Å². The summed E-state index contributed by atoms with van der Waals surface area (Å²) in [6.07, 6.45) is 0.688. The van der Waals surface area contributed by atoms with Crippen molar-refractivity contribution >= 4 is 20.0 Å². The molecule has 0 saturated heterocycles. The zero-order valence-corrected chi connectivity index (χ0v) is 13.4. The lowest BCUT2D eigenvalue weighted by molar-refractivity contribution is 0.427. The first-order chi connectivity index (χ1) is 9.06. The molecule has 8 heteroatoms. The normalized spacial score (nSPS) is 13.1. The van der Waals surface area contributed by atoms with Crippen LogP contribution < -0.4 is 5.14 Å². The zero-order valence-electron chi connectivity index (χ0n) is 11.8. The number of nitrogens with zero attached hydrogens (tertiary/aromatic N) is 1. The van der Waals surface area contributed by atoms with Crippen molar-refractivity contribution in [2.75, 3.05) is 13.6 Å². The van der Waals surface area contributed by atoms with E-state index in [0.717, 1.165) is 4.31 Å². The summed E-state index contributed by atoms with van der Waals surface area (Å²) in [7, 11) is -6.53. The Morgan fingerprint density at radius 3 is 2.05 bits per heavy atom. The van der Waals surface area contributed by atoms with Crippen LogP contribution >= 0.6 is 0 Å². The molecule has 0 radical (unpaired) electrons. The highest BCUT2D eigenvalue weighted by Gasteiger charge is 2.27. The van der Waals surface area contributed by atoms with Crippen LogP contribution in [0.1, 0.15) is 20.3 Å². The minimum Gasteiger partial charge on any atom is -0.225 e. The van der Waals surface area contributed by atoms with E-state index in [-0.39, 0.29) is 9.79 Å². The van der Waals surface area contributed by atoms with Crippen LogP contribution in [0.15, 0.2) is 34.1 Å². The Hall–Kier alpha value is -0.960. The van der Waals surface area contributed by atoms with Crippen LogP contribution in [0.25, 0.3) is 0 Å². The molecule has 0 saturated carbocycles. The molecule has 0 bridgehead atoms. The highest BCUT2D eigenvalue weighted by molar-refractivity contribution is 7.92. The molecular formula is C12H20N2O4S2. The van der Waals surface area contributed by atoms with Gasteiger partial charge in [-0.25, -0.2) is 26.3 Å². The monoisotopic (exact) mass is 320 g/mol. The fourth-order valence-electron chi connectivity index (χ4n) is 1.63. The van der Waals surface area contributed by atoms with Gasteiger partial charge in [0.2, 0.25) is 20.0 Å². The molecule has 0 aliphatic heterocycles. The summed E-state index contributed by atoms with van der Waals surface area (Å²) in [6.45, 7) is 4.29. The fraction of sp³-hybridized carbons (Fsp3) is 0.500. The van der Waals surface area contributed by atoms with Crippen molar-refractivity contribution in [1.29, 1.82) is 0 Å². The van der Waals surface area contributed by atoms with E-state index in [4.69, 9.17) is 5.14 Å². The summed E-state index contributed by atoms with van der Waals surface area (Å²) in [5, 5.41) is 5.07. The molecular weight excluding hydrogens is 300 g/mol. The minimum absolute atomic E-state index is 0.284. The topological polar surface area (TPSA) is 97.5 Å². The van der Waals surface area contributed by atoms with Gasteiger partial charge in [0.05, 0.1) is 0 Å². The summed E-state index contributed by atoms with van der Waals surface area (Å²) < 4.78 is 49.0. The lowest BCUT2D eigenvalue weighted by atomic mass is 10.1. The number of primary sulfonamides is 1. The predicted octanol–water partition coefficient (Wildman–Crippen LogP) is 1.00. The Morgan fingerprint density at radius 2 is 1.60 bits per heavy atom. The SMILES string of the molecule is CC(C)CCN(C)S(=O)(=O)c1ccccc1S(N)(=O)=O. The Morgan fingerprint density at radius 1 is 1.10 bits per heavy atom. The average Bonchev–Trinajstić information content (AvgIpc) is 2.34. The van der Waals surface area contributed by atoms with Crippen LogP contribution in [0.5, 0.6) is 0 Å². The van der Waals surface area contributed by atoms with Crippen molar-refractivity contribution in [3.8, 4) is 0 Å². The molecule has 0 unspecified atom stereocenters. The van der Waals surface area contributed by atoms with Crippen LogP contribution in [0.2, 0.25) is 0 Å². The van der Waals surface area contributed by atoms with E-state index in [1.807, 2.05) is 13.8 Å². The fourth-order valence-corrected chi connectivity index (χ4v) is 4.16. The molecule has 0 aliphatic carbocycles. The third kappa shape index (κ3) is 4.02. The van der Waals surface area contributed by atoms with Crippen LogP contribution in [-0.2, 0) is 20.0 Å². The summed E-state index contributed by atoms with van der Waals surface area (Å²) in [5.74, 6) is 0.348. The molecule has 6 nitrogen and oxygen atoms in total. The van der Waals surface area contributed by atoms with Gasteiger partial charge >= 0.3 is 0 Å². The lowest BCUT2D eigenvalue weighted by Gasteiger charge is -2.19. The van der Waals surface area contributed by atoms with E-state index in [9.17, 15) is 16.8 Å². The summed E-state index contributed by atoms with van der Waals surface area (Å²) in [6, 6.07) is 5.35. The Kier molecular flexibility index (Phi) is 5.31. The van der Waals surface area contributed by atoms with Crippen molar-refractivity contribution in [1.82, 2.24) is 4.31 Å². The molecule has 0 aromatic heterocycles. The summed E-state index contributed by atoms with van der Waals surface area (Å²) in [5.41, 5.74) is 0. The van der Waals surface area contributed by atoms with Crippen molar-refractivity contribution < 1.29 is 16.8 Å². The molecule has 20 heavy (non-hydrogen) atoms. The molecule has 0 atom stereocenters. The van der Waals surface area contributed by atoms with Crippen molar-refractivity contribution in [2.45, 2.75) is 30.1 Å². The summed E-state index contributed by atoms with van der Waals surface area (Å²) >= 11 is 0. The second kappa shape index (κ2) is 6.21. The van der Waals surface area contributed by atoms with E-state index in [2.05, 4.69) is 0 Å².